The number of aliphatic hydroxyl groups is 1. The molecule has 26 heavy (non-hydrogen) atoms. The summed E-state index contributed by atoms with van der Waals surface area (Å²) in [5.41, 5.74) is 8.93. The molecule has 0 aliphatic heterocycles. The van der Waals surface area contributed by atoms with Crippen LogP contribution in [0, 0.1) is 0 Å². The van der Waals surface area contributed by atoms with Crippen LogP contribution in [0.1, 0.15) is 32.0 Å². The fourth-order valence-corrected chi connectivity index (χ4v) is 2.08. The molecule has 0 saturated carbocycles. The van der Waals surface area contributed by atoms with E-state index in [1.165, 1.54) is 0 Å². The molecule has 0 radical (unpaired) electrons. The number of H-pyrrole nitrogens is 2. The Bertz CT molecular complexity index is 885. The number of aromatic carboxylic acids is 1. The molecule has 10 nitrogen and oxygen atoms in total. The molecule has 0 atom stereocenters. The molecule has 1 aromatic heterocycles. The van der Waals surface area contributed by atoms with E-state index < -0.39 is 28.8 Å². The highest BCUT2D eigenvalue weighted by Crippen LogP contribution is 2.09. The highest BCUT2D eigenvalue weighted by molar-refractivity contribution is 5.92. The topological polar surface area (TPSA) is 192 Å². The maximum absolute atomic E-state index is 11.7. The average molecular weight is 364 g/mol. The molecule has 0 saturated heterocycles. The van der Waals surface area contributed by atoms with Gasteiger partial charge >= 0.3 is 11.7 Å². The molecule has 0 spiro atoms. The van der Waals surface area contributed by atoms with E-state index in [9.17, 15) is 19.2 Å². The Morgan fingerprint density at radius 3 is 2.31 bits per heavy atom. The highest BCUT2D eigenvalue weighted by Gasteiger charge is 2.15. The average Bonchev–Trinajstić information content (AvgIpc) is 2.60. The lowest BCUT2D eigenvalue weighted by Gasteiger charge is -2.05. The van der Waals surface area contributed by atoms with Crippen LogP contribution in [0.3, 0.4) is 0 Å². The van der Waals surface area contributed by atoms with Gasteiger partial charge in [0.05, 0.1) is 6.61 Å². The van der Waals surface area contributed by atoms with Gasteiger partial charge in [-0.05, 0) is 30.5 Å². The number of hydrogen-bond donors (Lipinski definition) is 6. The maximum Gasteiger partial charge on any atom is 0.352 e. The molecular weight excluding hydrogens is 344 g/mol. The van der Waals surface area contributed by atoms with Crippen LogP contribution in [0.4, 0.5) is 0 Å². The predicted molar refractivity (Wildman–Crippen MR) is 93.2 cm³/mol. The van der Waals surface area contributed by atoms with Gasteiger partial charge < -0.3 is 26.7 Å². The summed E-state index contributed by atoms with van der Waals surface area (Å²) >= 11 is 0. The van der Waals surface area contributed by atoms with Crippen molar-refractivity contribution in [1.82, 2.24) is 9.97 Å². The van der Waals surface area contributed by atoms with E-state index in [2.05, 4.69) is 4.98 Å². The molecular formula is C16H20N4O6. The van der Waals surface area contributed by atoms with Crippen molar-refractivity contribution in [2.24, 2.45) is 11.5 Å². The number of aromatic amines is 2. The molecule has 1 heterocycles. The van der Waals surface area contributed by atoms with E-state index in [4.69, 9.17) is 21.7 Å². The number of carbonyl (C=O) groups excluding carboxylic acids is 1. The summed E-state index contributed by atoms with van der Waals surface area (Å²) in [6.07, 6.45) is 0.409. The second-order valence-electron chi connectivity index (χ2n) is 5.14. The van der Waals surface area contributed by atoms with Gasteiger partial charge in [-0.1, -0.05) is 12.1 Å². The summed E-state index contributed by atoms with van der Waals surface area (Å²) < 4.78 is 0. The number of amides is 1. The Labute approximate surface area is 147 Å². The minimum Gasteiger partial charge on any atom is -0.477 e. The fourth-order valence-electron chi connectivity index (χ4n) is 2.08. The first kappa shape index (κ1) is 20.8. The Balaban J connectivity index is 0.000000765. The third-order valence-electron chi connectivity index (χ3n) is 3.26. The number of primary amides is 1. The number of nitrogens with one attached hydrogen (secondary N) is 2. The molecule has 2 aromatic rings. The first-order valence-corrected chi connectivity index (χ1v) is 7.58. The molecule has 0 fully saturated rings. The van der Waals surface area contributed by atoms with Gasteiger partial charge in [0.2, 0.25) is 5.91 Å². The van der Waals surface area contributed by atoms with E-state index >= 15 is 0 Å². The number of aromatic nitrogens is 2. The predicted octanol–water partition coefficient (Wildman–Crippen LogP) is -1.42. The van der Waals surface area contributed by atoms with Gasteiger partial charge in [0, 0.05) is 17.7 Å². The monoisotopic (exact) mass is 364 g/mol. The number of hydrogen-bond acceptors (Lipinski definition) is 6. The van der Waals surface area contributed by atoms with Gasteiger partial charge in [0.15, 0.2) is 0 Å². The van der Waals surface area contributed by atoms with E-state index in [0.717, 1.165) is 5.56 Å². The van der Waals surface area contributed by atoms with Crippen molar-refractivity contribution in [3.8, 4) is 0 Å². The van der Waals surface area contributed by atoms with Gasteiger partial charge in [-0.15, -0.1) is 0 Å². The molecule has 1 amide bonds. The highest BCUT2D eigenvalue weighted by atomic mass is 16.4. The zero-order chi connectivity index (χ0) is 19.7. The number of carboxylic acids is 1. The molecule has 0 aliphatic rings. The number of aliphatic hydroxyl groups excluding tert-OH is 1. The van der Waals surface area contributed by atoms with Crippen LogP contribution in [0.2, 0.25) is 0 Å². The van der Waals surface area contributed by atoms with E-state index in [1.54, 1.807) is 24.3 Å². The van der Waals surface area contributed by atoms with Crippen LogP contribution < -0.4 is 22.7 Å². The summed E-state index contributed by atoms with van der Waals surface area (Å²) in [6.45, 7) is 0.472. The largest absolute Gasteiger partial charge is 0.477 e. The number of rotatable bonds is 6. The number of nitrogens with two attached hydrogens (primary N) is 2. The van der Waals surface area contributed by atoms with Crippen molar-refractivity contribution < 1.29 is 19.8 Å². The molecule has 10 heteroatoms. The lowest BCUT2D eigenvalue weighted by molar-refractivity contribution is 0.0688. The van der Waals surface area contributed by atoms with E-state index in [0.29, 0.717) is 18.5 Å². The smallest absolute Gasteiger partial charge is 0.352 e. The van der Waals surface area contributed by atoms with Crippen molar-refractivity contribution in [3.63, 3.8) is 0 Å². The van der Waals surface area contributed by atoms with E-state index in [1.807, 2.05) is 4.98 Å². The van der Waals surface area contributed by atoms with Crippen LogP contribution >= 0.6 is 0 Å². The van der Waals surface area contributed by atoms with Gasteiger partial charge in [-0.3, -0.25) is 14.6 Å². The lowest BCUT2D eigenvalue weighted by Crippen LogP contribution is -2.30. The minimum absolute atomic E-state index is 0.0309. The van der Waals surface area contributed by atoms with Crippen molar-refractivity contribution in [2.75, 3.05) is 13.2 Å². The molecule has 0 bridgehead atoms. The Hall–Kier alpha value is -3.24. The van der Waals surface area contributed by atoms with Gasteiger partial charge in [-0.25, -0.2) is 9.59 Å². The molecule has 0 aliphatic carbocycles. The summed E-state index contributed by atoms with van der Waals surface area (Å²) in [5.74, 6) is -1.96. The second-order valence-corrected chi connectivity index (χ2v) is 5.14. The second kappa shape index (κ2) is 9.91. The third kappa shape index (κ3) is 6.00. The number of aryl methyl sites for hydroxylation is 1. The van der Waals surface area contributed by atoms with Crippen molar-refractivity contribution in [2.45, 2.75) is 12.8 Å². The molecule has 1 aromatic carbocycles. The van der Waals surface area contributed by atoms with Crippen molar-refractivity contribution in [1.29, 1.82) is 0 Å². The van der Waals surface area contributed by atoms with Gasteiger partial charge in [0.1, 0.15) is 5.69 Å². The summed E-state index contributed by atoms with van der Waals surface area (Å²) in [6, 6.07) is 6.50. The van der Waals surface area contributed by atoms with Crippen LogP contribution in [0.15, 0.2) is 33.9 Å². The lowest BCUT2D eigenvalue weighted by atomic mass is 10.0. The summed E-state index contributed by atoms with van der Waals surface area (Å²) in [7, 11) is 0. The summed E-state index contributed by atoms with van der Waals surface area (Å²) in [5, 5.41) is 16.8. The molecule has 2 rings (SSSR count). The van der Waals surface area contributed by atoms with Crippen LogP contribution in [0.25, 0.3) is 0 Å². The van der Waals surface area contributed by atoms with Crippen molar-refractivity contribution in [3.05, 3.63) is 67.5 Å². The van der Waals surface area contributed by atoms with Crippen molar-refractivity contribution >= 4 is 11.9 Å². The third-order valence-corrected chi connectivity index (χ3v) is 3.26. The Morgan fingerprint density at radius 2 is 1.77 bits per heavy atom. The van der Waals surface area contributed by atoms with Gasteiger partial charge in [0.25, 0.3) is 5.56 Å². The molecule has 0 unspecified atom stereocenters. The zero-order valence-electron chi connectivity index (χ0n) is 13.8. The normalized spacial score (nSPS) is 9.92. The Morgan fingerprint density at radius 1 is 1.12 bits per heavy atom. The fraction of sp³-hybridized carbons (Fsp3) is 0.250. The SMILES string of the molecule is NC(=O)c1cccc(CCc2c(C(=O)O)[nH]c(=O)[nH]c2=O)c1.NCCO. The van der Waals surface area contributed by atoms with Crippen LogP contribution in [-0.2, 0) is 12.8 Å². The first-order chi connectivity index (χ1) is 12.3. The maximum atomic E-state index is 11.7. The van der Waals surface area contributed by atoms with Crippen LogP contribution in [0.5, 0.6) is 0 Å². The molecule has 140 valence electrons. The standard InChI is InChI=1S/C14H13N3O5.C2H7NO/c15-11(18)8-3-1-2-7(6-8)4-5-9-10(13(20)21)16-14(22)17-12(9)19;3-1-2-4/h1-3,6H,4-5H2,(H2,15,18)(H,20,21)(H2,16,17,19,22);4H,1-3H2. The first-order valence-electron chi connectivity index (χ1n) is 7.58. The Kier molecular flexibility index (Phi) is 7.93. The quantitative estimate of drug-likeness (QED) is 0.362. The number of carbonyl (C=O) groups is 2. The van der Waals surface area contributed by atoms with Crippen LogP contribution in [-0.4, -0.2) is 45.2 Å². The number of benzene rings is 1. The molecule has 8 N–H and O–H groups in total. The number of carboxylic acid groups (broad SMARTS) is 1. The summed E-state index contributed by atoms with van der Waals surface area (Å²) in [4.78, 5) is 49.2. The van der Waals surface area contributed by atoms with E-state index in [-0.39, 0.29) is 18.6 Å². The van der Waals surface area contributed by atoms with Gasteiger partial charge in [-0.2, -0.15) is 0 Å². The zero-order valence-corrected chi connectivity index (χ0v) is 13.8. The minimum atomic E-state index is -1.39.